The largest absolute Gasteiger partial charge is 0.503 e. The number of epoxide rings is 1. The van der Waals surface area contributed by atoms with Crippen LogP contribution in [0.5, 0.6) is 11.5 Å². The quantitative estimate of drug-likeness (QED) is 0.665. The van der Waals surface area contributed by atoms with Gasteiger partial charge in [-0.15, -0.1) is 0 Å². The van der Waals surface area contributed by atoms with E-state index in [0.29, 0.717) is 30.9 Å². The Morgan fingerprint density at radius 3 is 2.90 bits per heavy atom. The Labute approximate surface area is 180 Å². The van der Waals surface area contributed by atoms with E-state index in [1.807, 2.05) is 6.07 Å². The highest BCUT2D eigenvalue weighted by atomic mass is 16.6. The van der Waals surface area contributed by atoms with Gasteiger partial charge < -0.3 is 29.1 Å². The van der Waals surface area contributed by atoms with E-state index in [9.17, 15) is 14.7 Å². The number of phenols is 1. The molecule has 31 heavy (non-hydrogen) atoms. The smallest absolute Gasteiger partial charge is 0.230 e. The number of phenolic OH excluding ortho intramolecular Hbond substituents is 1. The van der Waals surface area contributed by atoms with Gasteiger partial charge >= 0.3 is 0 Å². The van der Waals surface area contributed by atoms with Crippen molar-refractivity contribution < 1.29 is 28.9 Å². The molecule has 1 N–H and O–H groups in total. The molecule has 1 amide bonds. The summed E-state index contributed by atoms with van der Waals surface area (Å²) in [5.41, 5.74) is -0.0143. The number of amides is 1. The normalized spacial score (nSPS) is 44.7. The molecule has 0 radical (unpaired) electrons. The molecule has 5 saturated heterocycles. The molecule has 0 unspecified atom stereocenters. The molecule has 0 aromatic heterocycles. The Bertz CT molecular complexity index is 1040. The number of rotatable bonds is 1. The van der Waals surface area contributed by atoms with Gasteiger partial charge in [0.15, 0.2) is 11.5 Å². The standard InChI is InChI=1S/C23H26N2O6/c1-24-6-5-22-11-3-4-13(29-2)20(28)19(11)25-17(27)8-14-18(21(22)25)12(7-15(22)26)23(10-24)16(31-23)9-30-14/h3-4,12,14,16,18,21,28H,5-10H2,1-2H3/t12-,14-,16-,18+,21+,22-,23+/m1/s1. The molecule has 6 fully saturated rings. The van der Waals surface area contributed by atoms with E-state index in [2.05, 4.69) is 11.9 Å². The van der Waals surface area contributed by atoms with Crippen molar-refractivity contribution in [2.24, 2.45) is 11.8 Å². The minimum atomic E-state index is -0.841. The van der Waals surface area contributed by atoms with Crippen LogP contribution in [0.3, 0.4) is 0 Å². The Morgan fingerprint density at radius 1 is 1.26 bits per heavy atom. The first-order chi connectivity index (χ1) is 14.9. The lowest BCUT2D eigenvalue weighted by Gasteiger charge is -2.53. The fourth-order valence-electron chi connectivity index (χ4n) is 7.71. The van der Waals surface area contributed by atoms with Crippen molar-refractivity contribution in [1.82, 2.24) is 4.90 Å². The van der Waals surface area contributed by atoms with Crippen molar-refractivity contribution in [2.45, 2.75) is 48.5 Å². The van der Waals surface area contributed by atoms with Crippen LogP contribution in [-0.4, -0.2) is 79.4 Å². The summed E-state index contributed by atoms with van der Waals surface area (Å²) in [7, 11) is 3.58. The maximum absolute atomic E-state index is 14.0. The number of hydrogen-bond acceptors (Lipinski definition) is 7. The van der Waals surface area contributed by atoms with Crippen molar-refractivity contribution in [3.05, 3.63) is 17.7 Å². The summed E-state index contributed by atoms with van der Waals surface area (Å²) in [6, 6.07) is 3.24. The molecule has 8 rings (SSSR count). The number of anilines is 1. The van der Waals surface area contributed by atoms with E-state index >= 15 is 0 Å². The average molecular weight is 426 g/mol. The first-order valence-electron chi connectivity index (χ1n) is 11.2. The van der Waals surface area contributed by atoms with Gasteiger partial charge in [-0.2, -0.15) is 0 Å². The van der Waals surface area contributed by atoms with E-state index in [1.54, 1.807) is 11.0 Å². The lowest BCUT2D eigenvalue weighted by Crippen LogP contribution is -2.67. The minimum absolute atomic E-state index is 0.00475. The van der Waals surface area contributed by atoms with Crippen molar-refractivity contribution >= 4 is 17.4 Å². The van der Waals surface area contributed by atoms with Crippen LogP contribution in [0.2, 0.25) is 0 Å². The first-order valence-corrected chi connectivity index (χ1v) is 11.2. The number of carbonyl (C=O) groups is 2. The zero-order chi connectivity index (χ0) is 21.3. The predicted octanol–water partition coefficient (Wildman–Crippen LogP) is 0.835. The number of fused-ring (bicyclic) bond motifs is 6. The number of methoxy groups -OCH3 is 1. The van der Waals surface area contributed by atoms with Gasteiger partial charge in [0.2, 0.25) is 5.91 Å². The number of ketones is 1. The van der Waals surface area contributed by atoms with Crippen LogP contribution >= 0.6 is 0 Å². The van der Waals surface area contributed by atoms with Gasteiger partial charge in [0, 0.05) is 24.8 Å². The monoisotopic (exact) mass is 426 g/mol. The molecule has 2 spiro atoms. The average Bonchev–Trinajstić information content (AvgIpc) is 3.34. The number of Topliss-reactive ketones (excluding diaryl/α,β-unsaturated/α-hetero) is 1. The van der Waals surface area contributed by atoms with Crippen molar-refractivity contribution in [2.75, 3.05) is 38.8 Å². The third-order valence-electron chi connectivity index (χ3n) is 8.99. The van der Waals surface area contributed by atoms with Crippen molar-refractivity contribution in [1.29, 1.82) is 0 Å². The highest BCUT2D eigenvalue weighted by Crippen LogP contribution is 2.66. The third kappa shape index (κ3) is 1.94. The maximum atomic E-state index is 14.0. The van der Waals surface area contributed by atoms with Gasteiger partial charge in [-0.1, -0.05) is 6.07 Å². The van der Waals surface area contributed by atoms with Gasteiger partial charge in [0.25, 0.3) is 0 Å². The highest BCUT2D eigenvalue weighted by molar-refractivity contribution is 6.07. The zero-order valence-electron chi connectivity index (χ0n) is 17.7. The summed E-state index contributed by atoms with van der Waals surface area (Å²) in [4.78, 5) is 31.5. The van der Waals surface area contributed by atoms with E-state index in [4.69, 9.17) is 14.2 Å². The summed E-state index contributed by atoms with van der Waals surface area (Å²) < 4.78 is 17.9. The van der Waals surface area contributed by atoms with Crippen molar-refractivity contribution in [3.63, 3.8) is 0 Å². The molecule has 8 nitrogen and oxygen atoms in total. The number of ether oxygens (including phenoxy) is 3. The molecule has 1 aliphatic carbocycles. The Hall–Kier alpha value is -2.16. The lowest BCUT2D eigenvalue weighted by atomic mass is 9.54. The van der Waals surface area contributed by atoms with Crippen LogP contribution in [-0.2, 0) is 24.5 Å². The first kappa shape index (κ1) is 18.4. The zero-order valence-corrected chi connectivity index (χ0v) is 17.7. The number of likely N-dealkylation sites (N-methyl/N-ethyl adjacent to an activating group) is 1. The topological polar surface area (TPSA) is 91.8 Å². The van der Waals surface area contributed by atoms with E-state index in [0.717, 1.165) is 18.7 Å². The van der Waals surface area contributed by atoms with E-state index in [-0.39, 0.29) is 59.5 Å². The highest BCUT2D eigenvalue weighted by Gasteiger charge is 2.75. The second-order valence-electron chi connectivity index (χ2n) is 10.1. The molecule has 1 aromatic rings. The molecule has 6 aliphatic heterocycles. The van der Waals surface area contributed by atoms with Crippen LogP contribution in [0.15, 0.2) is 12.1 Å². The second-order valence-corrected chi connectivity index (χ2v) is 10.1. The van der Waals surface area contributed by atoms with Crippen LogP contribution in [0, 0.1) is 11.8 Å². The maximum Gasteiger partial charge on any atom is 0.230 e. The summed E-state index contributed by atoms with van der Waals surface area (Å²) in [6.07, 6.45) is 1.05. The molecule has 164 valence electrons. The number of hydrogen-bond donors (Lipinski definition) is 1. The summed E-state index contributed by atoms with van der Waals surface area (Å²) in [5, 5.41) is 11.1. The van der Waals surface area contributed by atoms with Gasteiger partial charge in [-0.3, -0.25) is 9.59 Å². The number of carbonyl (C=O) groups excluding carboxylic acids is 2. The van der Waals surface area contributed by atoms with Crippen molar-refractivity contribution in [3.8, 4) is 11.5 Å². The summed E-state index contributed by atoms with van der Waals surface area (Å²) in [5.74, 6) is 0.322. The van der Waals surface area contributed by atoms with Gasteiger partial charge in [0.1, 0.15) is 17.5 Å². The molecule has 4 bridgehead atoms. The molecule has 7 atom stereocenters. The third-order valence-corrected chi connectivity index (χ3v) is 8.99. The molecule has 8 heteroatoms. The fourth-order valence-corrected chi connectivity index (χ4v) is 7.71. The van der Waals surface area contributed by atoms with Gasteiger partial charge in [-0.05, 0) is 31.6 Å². The fraction of sp³-hybridized carbons (Fsp3) is 0.652. The number of benzene rings is 1. The van der Waals surface area contributed by atoms with E-state index in [1.165, 1.54) is 7.11 Å². The number of aromatic hydroxyl groups is 1. The Morgan fingerprint density at radius 2 is 2.10 bits per heavy atom. The predicted molar refractivity (Wildman–Crippen MR) is 108 cm³/mol. The molecular weight excluding hydrogens is 400 g/mol. The lowest BCUT2D eigenvalue weighted by molar-refractivity contribution is -0.144. The molecule has 6 heterocycles. The minimum Gasteiger partial charge on any atom is -0.503 e. The summed E-state index contributed by atoms with van der Waals surface area (Å²) in [6.45, 7) is 1.97. The molecule has 7 aliphatic rings. The second kappa shape index (κ2) is 5.60. The molecule has 1 saturated carbocycles. The molecular formula is C23H26N2O6. The number of nitrogens with zero attached hydrogens (tertiary/aromatic N) is 2. The Kier molecular flexibility index (Phi) is 3.33. The number of piperidine rings is 1. The molecule has 1 aromatic carbocycles. The van der Waals surface area contributed by atoms with Crippen LogP contribution in [0.1, 0.15) is 24.8 Å². The van der Waals surface area contributed by atoms with Crippen LogP contribution in [0.4, 0.5) is 5.69 Å². The van der Waals surface area contributed by atoms with Gasteiger partial charge in [0.05, 0.1) is 43.4 Å². The summed E-state index contributed by atoms with van der Waals surface area (Å²) >= 11 is 0. The Balaban J connectivity index is 1.53. The SMILES string of the molecule is COc1ccc2c(c1O)N1C(=O)C[C@H]3OC[C@H]4O[C@]45CN(C)CC[C@]24C(=O)C[C@@H]5[C@@H]3[C@H]14. The van der Waals surface area contributed by atoms with E-state index < -0.39 is 5.41 Å². The van der Waals surface area contributed by atoms with Gasteiger partial charge in [-0.25, -0.2) is 0 Å². The van der Waals surface area contributed by atoms with Crippen LogP contribution < -0.4 is 9.64 Å². The van der Waals surface area contributed by atoms with Crippen LogP contribution in [0.25, 0.3) is 0 Å².